The van der Waals surface area contributed by atoms with Crippen molar-refractivity contribution in [3.63, 3.8) is 0 Å². The molecule has 0 aliphatic carbocycles. The average Bonchev–Trinajstić information content (AvgIpc) is 3.45. The average molecular weight is 412 g/mol. The fraction of sp³-hybridized carbons (Fsp3) is 0.192. The van der Waals surface area contributed by atoms with Crippen LogP contribution in [0.1, 0.15) is 42.0 Å². The van der Waals surface area contributed by atoms with Gasteiger partial charge in [-0.25, -0.2) is 0 Å². The van der Waals surface area contributed by atoms with Crippen molar-refractivity contribution in [2.75, 3.05) is 6.79 Å². The van der Waals surface area contributed by atoms with Crippen molar-refractivity contribution in [3.05, 3.63) is 95.7 Å². The molecule has 5 heteroatoms. The number of rotatable bonds is 6. The third kappa shape index (κ3) is 3.75. The molecule has 4 aromatic rings. The van der Waals surface area contributed by atoms with Gasteiger partial charge in [-0.1, -0.05) is 60.7 Å². The summed E-state index contributed by atoms with van der Waals surface area (Å²) in [5.74, 6) is 1.26. The predicted octanol–water partition coefficient (Wildman–Crippen LogP) is 5.30. The molecule has 2 N–H and O–H groups in total. The Kier molecular flexibility index (Phi) is 5.08. The van der Waals surface area contributed by atoms with E-state index in [1.165, 1.54) is 0 Å². The largest absolute Gasteiger partial charge is 0.454 e. The van der Waals surface area contributed by atoms with Crippen molar-refractivity contribution < 1.29 is 14.3 Å². The van der Waals surface area contributed by atoms with Crippen LogP contribution in [-0.4, -0.2) is 17.7 Å². The quantitative estimate of drug-likeness (QED) is 0.452. The zero-order valence-corrected chi connectivity index (χ0v) is 17.3. The van der Waals surface area contributed by atoms with Gasteiger partial charge < -0.3 is 19.8 Å². The lowest BCUT2D eigenvalue weighted by Gasteiger charge is -2.21. The summed E-state index contributed by atoms with van der Waals surface area (Å²) < 4.78 is 11.4. The van der Waals surface area contributed by atoms with Crippen molar-refractivity contribution in [2.45, 2.75) is 25.3 Å². The van der Waals surface area contributed by atoms with Gasteiger partial charge in [-0.3, -0.25) is 4.79 Å². The van der Waals surface area contributed by atoms with E-state index in [0.29, 0.717) is 6.42 Å². The smallest absolute Gasteiger partial charge is 0.231 e. The number of nitrogens with one attached hydrogen (secondary N) is 2. The summed E-state index contributed by atoms with van der Waals surface area (Å²) in [6, 6.07) is 23.9. The second-order valence-corrected chi connectivity index (χ2v) is 7.83. The number of hydrogen-bond donors (Lipinski definition) is 2. The molecule has 156 valence electrons. The zero-order valence-electron chi connectivity index (χ0n) is 17.3. The molecule has 1 aliphatic rings. The summed E-state index contributed by atoms with van der Waals surface area (Å²) >= 11 is 0. The van der Waals surface area contributed by atoms with Crippen LogP contribution >= 0.6 is 0 Å². The fourth-order valence-corrected chi connectivity index (χ4v) is 4.31. The summed E-state index contributed by atoms with van der Waals surface area (Å²) in [7, 11) is 0. The van der Waals surface area contributed by atoms with E-state index in [2.05, 4.69) is 16.4 Å². The summed E-state index contributed by atoms with van der Waals surface area (Å²) in [5, 5.41) is 4.26. The van der Waals surface area contributed by atoms with E-state index in [9.17, 15) is 4.79 Å². The Morgan fingerprint density at radius 3 is 2.65 bits per heavy atom. The molecular weight excluding hydrogens is 388 g/mol. The topological polar surface area (TPSA) is 63.4 Å². The zero-order chi connectivity index (χ0) is 21.2. The number of benzene rings is 3. The normalized spacial score (nSPS) is 14.4. The number of aromatic nitrogens is 1. The summed E-state index contributed by atoms with van der Waals surface area (Å²) in [5.41, 5.74) is 4.16. The van der Waals surface area contributed by atoms with Crippen LogP contribution in [0.3, 0.4) is 0 Å². The van der Waals surface area contributed by atoms with Gasteiger partial charge >= 0.3 is 0 Å². The lowest BCUT2D eigenvalue weighted by Crippen LogP contribution is -2.28. The Hall–Kier alpha value is -3.73. The molecule has 31 heavy (non-hydrogen) atoms. The number of fused-ring (bicyclic) bond motifs is 2. The third-order valence-corrected chi connectivity index (χ3v) is 5.87. The lowest BCUT2D eigenvalue weighted by molar-refractivity contribution is -0.121. The molecule has 0 spiro atoms. The molecule has 0 radical (unpaired) electrons. The molecule has 2 heterocycles. The molecule has 1 amide bonds. The van der Waals surface area contributed by atoms with Gasteiger partial charge in [0.15, 0.2) is 11.5 Å². The number of para-hydroxylation sites is 2. The Labute approximate surface area is 181 Å². The highest BCUT2D eigenvalue weighted by molar-refractivity contribution is 5.86. The number of hydrogen-bond acceptors (Lipinski definition) is 3. The SMILES string of the molecule is C[C@H](NC(=O)C[C@H](c1cccc2c1OCO2)c1c[nH]c2ccccc12)c1ccccc1. The second kappa shape index (κ2) is 8.19. The van der Waals surface area contributed by atoms with Gasteiger partial charge in [0.05, 0.1) is 6.04 Å². The number of ether oxygens (including phenoxy) is 2. The Morgan fingerprint density at radius 2 is 1.77 bits per heavy atom. The number of amides is 1. The maximum absolute atomic E-state index is 13.1. The standard InChI is InChI=1S/C26H24N2O3/c1-17(18-8-3-2-4-9-18)28-25(29)14-21(20-11-7-13-24-26(20)31-16-30-24)22-15-27-23-12-6-5-10-19(22)23/h2-13,15,17,21,27H,14,16H2,1H3,(H,28,29)/t17-,21+/m0/s1. The molecule has 0 fully saturated rings. The first-order valence-electron chi connectivity index (χ1n) is 10.5. The molecule has 1 aliphatic heterocycles. The maximum Gasteiger partial charge on any atom is 0.231 e. The molecule has 0 bridgehead atoms. The highest BCUT2D eigenvalue weighted by Gasteiger charge is 2.28. The Balaban J connectivity index is 1.49. The van der Waals surface area contributed by atoms with Crippen molar-refractivity contribution in [3.8, 4) is 11.5 Å². The minimum atomic E-state index is -0.171. The van der Waals surface area contributed by atoms with Crippen LogP contribution in [0.4, 0.5) is 0 Å². The fourth-order valence-electron chi connectivity index (χ4n) is 4.31. The van der Waals surface area contributed by atoms with Crippen molar-refractivity contribution in [2.24, 2.45) is 0 Å². The van der Waals surface area contributed by atoms with E-state index in [-0.39, 0.29) is 24.7 Å². The molecule has 0 unspecified atom stereocenters. The van der Waals surface area contributed by atoms with E-state index in [1.807, 2.05) is 79.9 Å². The molecule has 3 aromatic carbocycles. The first-order chi connectivity index (χ1) is 15.2. The number of H-pyrrole nitrogens is 1. The van der Waals surface area contributed by atoms with E-state index in [4.69, 9.17) is 9.47 Å². The van der Waals surface area contributed by atoms with Crippen LogP contribution in [0.2, 0.25) is 0 Å². The first-order valence-corrected chi connectivity index (χ1v) is 10.5. The molecule has 1 aromatic heterocycles. The molecule has 0 saturated heterocycles. The summed E-state index contributed by atoms with van der Waals surface area (Å²) in [4.78, 5) is 16.5. The van der Waals surface area contributed by atoms with Crippen LogP contribution in [0.15, 0.2) is 79.0 Å². The van der Waals surface area contributed by atoms with Crippen molar-refractivity contribution >= 4 is 16.8 Å². The molecular formula is C26H24N2O3. The summed E-state index contributed by atoms with van der Waals surface area (Å²) in [6.45, 7) is 2.20. The van der Waals surface area contributed by atoms with Gasteiger partial charge in [0.25, 0.3) is 0 Å². The van der Waals surface area contributed by atoms with Gasteiger partial charge in [-0.05, 0) is 30.2 Å². The number of carbonyl (C=O) groups excluding carboxylic acids is 1. The highest BCUT2D eigenvalue weighted by Crippen LogP contribution is 2.44. The first kappa shape index (κ1) is 19.2. The molecule has 2 atom stereocenters. The highest BCUT2D eigenvalue weighted by atomic mass is 16.7. The molecule has 0 saturated carbocycles. The van der Waals surface area contributed by atoms with Crippen LogP contribution in [0.5, 0.6) is 11.5 Å². The van der Waals surface area contributed by atoms with Gasteiger partial charge in [0.1, 0.15) is 0 Å². The predicted molar refractivity (Wildman–Crippen MR) is 120 cm³/mol. The number of aromatic amines is 1. The van der Waals surface area contributed by atoms with E-state index >= 15 is 0 Å². The minimum Gasteiger partial charge on any atom is -0.454 e. The van der Waals surface area contributed by atoms with E-state index in [0.717, 1.165) is 39.1 Å². The Morgan fingerprint density at radius 1 is 0.968 bits per heavy atom. The van der Waals surface area contributed by atoms with Crippen LogP contribution in [-0.2, 0) is 4.79 Å². The van der Waals surface area contributed by atoms with Crippen molar-refractivity contribution in [1.82, 2.24) is 10.3 Å². The maximum atomic E-state index is 13.1. The second-order valence-electron chi connectivity index (χ2n) is 7.83. The van der Waals surface area contributed by atoms with Gasteiger partial charge in [0, 0.05) is 35.0 Å². The van der Waals surface area contributed by atoms with Crippen LogP contribution in [0.25, 0.3) is 10.9 Å². The summed E-state index contributed by atoms with van der Waals surface area (Å²) in [6.07, 6.45) is 2.30. The van der Waals surface area contributed by atoms with E-state index < -0.39 is 0 Å². The van der Waals surface area contributed by atoms with Gasteiger partial charge in [-0.15, -0.1) is 0 Å². The molecule has 5 nitrogen and oxygen atoms in total. The van der Waals surface area contributed by atoms with Gasteiger partial charge in [-0.2, -0.15) is 0 Å². The number of carbonyl (C=O) groups is 1. The van der Waals surface area contributed by atoms with Crippen molar-refractivity contribution in [1.29, 1.82) is 0 Å². The monoisotopic (exact) mass is 412 g/mol. The van der Waals surface area contributed by atoms with Gasteiger partial charge in [0.2, 0.25) is 12.7 Å². The minimum absolute atomic E-state index is 0.0110. The third-order valence-electron chi connectivity index (χ3n) is 5.87. The Bertz CT molecular complexity index is 1220. The lowest BCUT2D eigenvalue weighted by atomic mass is 9.87. The molecule has 5 rings (SSSR count). The van der Waals surface area contributed by atoms with Crippen LogP contribution < -0.4 is 14.8 Å². The van der Waals surface area contributed by atoms with E-state index in [1.54, 1.807) is 0 Å². The van der Waals surface area contributed by atoms with Crippen LogP contribution in [0, 0.1) is 0 Å².